The van der Waals surface area contributed by atoms with Crippen LogP contribution >= 0.6 is 0 Å². The zero-order chi connectivity index (χ0) is 9.26. The molecule has 0 radical (unpaired) electrons. The van der Waals surface area contributed by atoms with E-state index in [-0.39, 0.29) is 0 Å². The van der Waals surface area contributed by atoms with Gasteiger partial charge in [-0.2, -0.15) is 5.10 Å². The van der Waals surface area contributed by atoms with Gasteiger partial charge in [-0.1, -0.05) is 6.92 Å². The van der Waals surface area contributed by atoms with Crippen LogP contribution in [0, 0.1) is 0 Å². The summed E-state index contributed by atoms with van der Waals surface area (Å²) in [6, 6.07) is 0. The Kier molecular flexibility index (Phi) is 1.84. The average molecular weight is 177 g/mol. The lowest BCUT2D eigenvalue weighted by Gasteiger charge is -1.93. The van der Waals surface area contributed by atoms with E-state index >= 15 is 0 Å². The Bertz CT molecular complexity index is 400. The molecule has 5 heteroatoms. The van der Waals surface area contributed by atoms with E-state index in [0.29, 0.717) is 5.82 Å². The molecule has 0 bridgehead atoms. The Morgan fingerprint density at radius 1 is 1.54 bits per heavy atom. The van der Waals surface area contributed by atoms with Crippen LogP contribution in [0.4, 0.5) is 0 Å². The minimum atomic E-state index is 0.705. The van der Waals surface area contributed by atoms with E-state index in [1.165, 1.54) is 0 Å². The highest BCUT2D eigenvalue weighted by molar-refractivity contribution is 5.47. The predicted octanol–water partition coefficient (Wildman–Crippen LogP) is 0.768. The van der Waals surface area contributed by atoms with E-state index in [9.17, 15) is 0 Å². The lowest BCUT2D eigenvalue weighted by Crippen LogP contribution is -1.90. The molecule has 0 amide bonds. The molecule has 2 aromatic heterocycles. The summed E-state index contributed by atoms with van der Waals surface area (Å²) >= 11 is 0. The molecule has 0 saturated carbocycles. The fraction of sp³-hybridized carbons (Fsp3) is 0.375. The van der Waals surface area contributed by atoms with E-state index < -0.39 is 0 Å². The molecule has 0 aromatic carbocycles. The Balaban J connectivity index is 2.41. The van der Waals surface area contributed by atoms with Crippen LogP contribution in [0.5, 0.6) is 0 Å². The van der Waals surface area contributed by atoms with Crippen LogP contribution in [-0.4, -0.2) is 24.7 Å². The highest BCUT2D eigenvalue weighted by Gasteiger charge is 2.07. The molecule has 0 aliphatic carbocycles. The molecule has 0 spiro atoms. The van der Waals surface area contributed by atoms with Crippen molar-refractivity contribution in [1.82, 2.24) is 24.7 Å². The molecule has 68 valence electrons. The highest BCUT2D eigenvalue weighted by Crippen LogP contribution is 2.11. The summed E-state index contributed by atoms with van der Waals surface area (Å²) in [6.07, 6.45) is 4.35. The van der Waals surface area contributed by atoms with Crippen LogP contribution in [0.2, 0.25) is 0 Å². The normalized spacial score (nSPS) is 10.6. The fourth-order valence-corrected chi connectivity index (χ4v) is 1.14. The van der Waals surface area contributed by atoms with Gasteiger partial charge in [0.05, 0.1) is 12.5 Å². The van der Waals surface area contributed by atoms with Crippen LogP contribution in [0.15, 0.2) is 12.5 Å². The Morgan fingerprint density at radius 2 is 2.38 bits per heavy atom. The molecule has 0 unspecified atom stereocenters. The summed E-state index contributed by atoms with van der Waals surface area (Å²) in [4.78, 5) is 8.31. The fourth-order valence-electron chi connectivity index (χ4n) is 1.14. The third-order valence-electron chi connectivity index (χ3n) is 1.91. The summed E-state index contributed by atoms with van der Waals surface area (Å²) in [5.41, 5.74) is 0.927. The summed E-state index contributed by atoms with van der Waals surface area (Å²) in [5.74, 6) is 1.60. The zero-order valence-electron chi connectivity index (χ0n) is 7.65. The lowest BCUT2D eigenvalue weighted by atomic mass is 10.4. The number of nitrogens with zero attached hydrogens (tertiary/aromatic N) is 4. The standard InChI is InChI=1S/C8H11N5/c1-3-7-10-8(12-11-7)6-4-9-5-13(6)2/h4-5H,3H2,1-2H3,(H,10,11,12). The van der Waals surface area contributed by atoms with Gasteiger partial charge in [-0.3, -0.25) is 5.10 Å². The van der Waals surface area contributed by atoms with Crippen LogP contribution < -0.4 is 0 Å². The number of aryl methyl sites for hydroxylation is 2. The van der Waals surface area contributed by atoms with Crippen molar-refractivity contribution in [2.24, 2.45) is 7.05 Å². The van der Waals surface area contributed by atoms with E-state index in [1.807, 2.05) is 18.5 Å². The van der Waals surface area contributed by atoms with Gasteiger partial charge >= 0.3 is 0 Å². The molecule has 13 heavy (non-hydrogen) atoms. The van der Waals surface area contributed by atoms with Gasteiger partial charge in [0.1, 0.15) is 11.5 Å². The number of rotatable bonds is 2. The van der Waals surface area contributed by atoms with Crippen LogP contribution in [0.1, 0.15) is 12.7 Å². The smallest absolute Gasteiger partial charge is 0.199 e. The summed E-state index contributed by atoms with van der Waals surface area (Å²) < 4.78 is 1.89. The molecule has 0 aliphatic heterocycles. The van der Waals surface area contributed by atoms with Gasteiger partial charge in [0.15, 0.2) is 5.82 Å². The average Bonchev–Trinajstić information content (AvgIpc) is 2.71. The Hall–Kier alpha value is -1.65. The number of hydrogen-bond acceptors (Lipinski definition) is 3. The molecule has 0 saturated heterocycles. The third-order valence-corrected chi connectivity index (χ3v) is 1.91. The van der Waals surface area contributed by atoms with E-state index in [0.717, 1.165) is 17.9 Å². The summed E-state index contributed by atoms with van der Waals surface area (Å²) in [5, 5.41) is 6.96. The molecule has 2 heterocycles. The van der Waals surface area contributed by atoms with Crippen molar-refractivity contribution in [3.05, 3.63) is 18.3 Å². The molecule has 1 N–H and O–H groups in total. The van der Waals surface area contributed by atoms with Crippen molar-refractivity contribution in [2.75, 3.05) is 0 Å². The van der Waals surface area contributed by atoms with Gasteiger partial charge in [-0.15, -0.1) is 0 Å². The lowest BCUT2D eigenvalue weighted by molar-refractivity contribution is 0.909. The molecule has 0 atom stereocenters. The summed E-state index contributed by atoms with van der Waals surface area (Å²) in [6.45, 7) is 2.04. The first-order valence-electron chi connectivity index (χ1n) is 4.19. The monoisotopic (exact) mass is 177 g/mol. The second-order valence-electron chi connectivity index (χ2n) is 2.85. The zero-order valence-corrected chi connectivity index (χ0v) is 7.65. The number of aromatic nitrogens is 5. The van der Waals surface area contributed by atoms with Gasteiger partial charge in [-0.05, 0) is 0 Å². The first kappa shape index (κ1) is 7.97. The first-order chi connectivity index (χ1) is 6.31. The molecule has 2 aromatic rings. The van der Waals surface area contributed by atoms with Gasteiger partial charge in [-0.25, -0.2) is 9.97 Å². The maximum Gasteiger partial charge on any atom is 0.199 e. The Labute approximate surface area is 75.8 Å². The van der Waals surface area contributed by atoms with Crippen molar-refractivity contribution in [1.29, 1.82) is 0 Å². The first-order valence-corrected chi connectivity index (χ1v) is 4.19. The highest BCUT2D eigenvalue weighted by atomic mass is 15.2. The number of H-pyrrole nitrogens is 1. The largest absolute Gasteiger partial charge is 0.331 e. The second kappa shape index (κ2) is 3.01. The maximum absolute atomic E-state index is 4.30. The van der Waals surface area contributed by atoms with Crippen LogP contribution in [-0.2, 0) is 13.5 Å². The second-order valence-corrected chi connectivity index (χ2v) is 2.85. The number of imidazole rings is 1. The number of hydrogen-bond donors (Lipinski definition) is 1. The van der Waals surface area contributed by atoms with Crippen molar-refractivity contribution in [3.63, 3.8) is 0 Å². The minimum Gasteiger partial charge on any atom is -0.331 e. The van der Waals surface area contributed by atoms with Gasteiger partial charge in [0.2, 0.25) is 0 Å². The van der Waals surface area contributed by atoms with Crippen molar-refractivity contribution < 1.29 is 0 Å². The number of nitrogens with one attached hydrogen (secondary N) is 1. The quantitative estimate of drug-likeness (QED) is 0.737. The van der Waals surface area contributed by atoms with Gasteiger partial charge < -0.3 is 4.57 Å². The SMILES string of the molecule is CCc1nc(-c2cncn2C)n[nH]1. The van der Waals surface area contributed by atoms with E-state index in [1.54, 1.807) is 12.5 Å². The minimum absolute atomic E-state index is 0.705. The van der Waals surface area contributed by atoms with Crippen molar-refractivity contribution in [3.8, 4) is 11.5 Å². The van der Waals surface area contributed by atoms with E-state index in [4.69, 9.17) is 0 Å². The van der Waals surface area contributed by atoms with Gasteiger partial charge in [0.25, 0.3) is 0 Å². The summed E-state index contributed by atoms with van der Waals surface area (Å²) in [7, 11) is 1.92. The van der Waals surface area contributed by atoms with Gasteiger partial charge in [0, 0.05) is 13.5 Å². The maximum atomic E-state index is 4.30. The molecule has 2 rings (SSSR count). The molecular weight excluding hydrogens is 166 g/mol. The topological polar surface area (TPSA) is 59.4 Å². The Morgan fingerprint density at radius 3 is 2.92 bits per heavy atom. The van der Waals surface area contributed by atoms with Crippen LogP contribution in [0.3, 0.4) is 0 Å². The molecular formula is C8H11N5. The third kappa shape index (κ3) is 1.32. The molecule has 0 aliphatic rings. The predicted molar refractivity (Wildman–Crippen MR) is 48.0 cm³/mol. The molecule has 0 fully saturated rings. The van der Waals surface area contributed by atoms with Crippen molar-refractivity contribution >= 4 is 0 Å². The van der Waals surface area contributed by atoms with Crippen molar-refractivity contribution in [2.45, 2.75) is 13.3 Å². The van der Waals surface area contributed by atoms with Crippen LogP contribution in [0.25, 0.3) is 11.5 Å². The van der Waals surface area contributed by atoms with E-state index in [2.05, 4.69) is 20.2 Å². The number of aromatic amines is 1. The molecule has 5 nitrogen and oxygen atoms in total.